The fourth-order valence-electron chi connectivity index (χ4n) is 2.04. The summed E-state index contributed by atoms with van der Waals surface area (Å²) in [5.74, 6) is -0.109. The van der Waals surface area contributed by atoms with Crippen LogP contribution in [-0.2, 0) is 10.2 Å². The molecule has 0 fully saturated rings. The van der Waals surface area contributed by atoms with Crippen LogP contribution in [0.15, 0.2) is 27.6 Å². The Bertz CT molecular complexity index is 791. The molecule has 8 nitrogen and oxygen atoms in total. The van der Waals surface area contributed by atoms with E-state index < -0.39 is 15.6 Å². The standard InChI is InChI=1S/C15H21N4O4S.Mg/c1-4-8-17-14(20)15(2,3)9-23-11-7-5-6-10-12(11)13(16)19-24(21,22)18-10;/h5-7H,4,8-9H2,1-3H3,(H3-,16,17,18,19,20);/q-1;+2/p-1. The summed E-state index contributed by atoms with van der Waals surface area (Å²) >= 11 is 0. The molecule has 2 rings (SSSR count). The van der Waals surface area contributed by atoms with Crippen LogP contribution < -0.4 is 15.6 Å². The third-order valence-corrected chi connectivity index (χ3v) is 4.19. The topological polar surface area (TPSA) is 131 Å². The monoisotopic (exact) mass is 376 g/mol. The molecular formula is C15H20MgN4O4S. The van der Waals surface area contributed by atoms with Gasteiger partial charge >= 0.3 is 23.1 Å². The average molecular weight is 377 g/mol. The molecule has 25 heavy (non-hydrogen) atoms. The molecule has 10 heteroatoms. The molecule has 0 unspecified atom stereocenters. The number of nitrogens with two attached hydrogens (primary N) is 1. The molecule has 0 amide bonds. The Morgan fingerprint density at radius 2 is 2.12 bits per heavy atom. The summed E-state index contributed by atoms with van der Waals surface area (Å²) in [6.07, 6.45) is 0.790. The van der Waals surface area contributed by atoms with Crippen molar-refractivity contribution in [2.45, 2.75) is 27.2 Å². The quantitative estimate of drug-likeness (QED) is 0.446. The first-order chi connectivity index (χ1) is 11.2. The van der Waals surface area contributed by atoms with Crippen molar-refractivity contribution in [1.29, 1.82) is 0 Å². The second kappa shape index (κ2) is 8.24. The molecule has 0 atom stereocenters. The molecule has 1 aromatic rings. The van der Waals surface area contributed by atoms with Crippen LogP contribution in [0.2, 0.25) is 0 Å². The number of amidine groups is 1. The fraction of sp³-hybridized carbons (Fsp3) is 0.467. The van der Waals surface area contributed by atoms with Gasteiger partial charge in [0, 0.05) is 17.5 Å². The Balaban J connectivity index is 0.00000312. The summed E-state index contributed by atoms with van der Waals surface area (Å²) in [5.41, 5.74) is 5.39. The normalized spacial score (nSPS) is 16.1. The summed E-state index contributed by atoms with van der Waals surface area (Å²) in [7, 11) is -3.97. The summed E-state index contributed by atoms with van der Waals surface area (Å²) in [5, 5.41) is 12.1. The molecule has 2 N–H and O–H groups in total. The predicted octanol–water partition coefficient (Wildman–Crippen LogP) is 0.849. The van der Waals surface area contributed by atoms with Crippen molar-refractivity contribution < 1.29 is 18.3 Å². The zero-order valence-corrected chi connectivity index (χ0v) is 16.8. The van der Waals surface area contributed by atoms with E-state index in [9.17, 15) is 13.5 Å². The summed E-state index contributed by atoms with van der Waals surface area (Å²) in [4.78, 5) is 3.98. The van der Waals surface area contributed by atoms with Gasteiger partial charge < -0.3 is 25.3 Å². The van der Waals surface area contributed by atoms with Gasteiger partial charge in [-0.1, -0.05) is 32.9 Å². The molecule has 0 radical (unpaired) electrons. The van der Waals surface area contributed by atoms with Crippen LogP contribution in [0.5, 0.6) is 5.75 Å². The summed E-state index contributed by atoms with van der Waals surface area (Å²) in [6, 6.07) is 4.73. The zero-order valence-electron chi connectivity index (χ0n) is 14.5. The molecule has 0 aliphatic carbocycles. The smallest absolute Gasteiger partial charge is 0.862 e. The van der Waals surface area contributed by atoms with Crippen LogP contribution in [0.3, 0.4) is 0 Å². The molecule has 0 bridgehead atoms. The number of hydrogen-bond donors (Lipinski definition) is 1. The van der Waals surface area contributed by atoms with Gasteiger partial charge in [-0.2, -0.15) is 4.40 Å². The summed E-state index contributed by atoms with van der Waals surface area (Å²) in [6.45, 7) is 5.94. The van der Waals surface area contributed by atoms with Crippen LogP contribution in [0.25, 0.3) is 4.72 Å². The molecule has 0 saturated carbocycles. The zero-order chi connectivity index (χ0) is 18.0. The molecule has 132 valence electrons. The first kappa shape index (κ1) is 21.5. The fourth-order valence-corrected chi connectivity index (χ4v) is 2.82. The van der Waals surface area contributed by atoms with Crippen LogP contribution in [0.4, 0.5) is 5.69 Å². The second-order valence-corrected chi connectivity index (χ2v) is 7.29. The minimum absolute atomic E-state index is 0. The number of benzene rings is 1. The van der Waals surface area contributed by atoms with Gasteiger partial charge in [0.1, 0.15) is 11.6 Å². The largest absolute Gasteiger partial charge is 2.00 e. The molecule has 1 aromatic carbocycles. The van der Waals surface area contributed by atoms with Crippen LogP contribution in [-0.4, -0.2) is 56.4 Å². The molecule has 1 aliphatic rings. The van der Waals surface area contributed by atoms with Gasteiger partial charge in [-0.3, -0.25) is 0 Å². The van der Waals surface area contributed by atoms with Crippen molar-refractivity contribution >= 4 is 50.7 Å². The third kappa shape index (κ3) is 5.22. The van der Waals surface area contributed by atoms with Gasteiger partial charge in [-0.15, -0.1) is 5.69 Å². The van der Waals surface area contributed by atoms with E-state index in [4.69, 9.17) is 10.5 Å². The van der Waals surface area contributed by atoms with E-state index in [1.54, 1.807) is 26.0 Å². The molecule has 0 aromatic heterocycles. The van der Waals surface area contributed by atoms with Crippen LogP contribution >= 0.6 is 0 Å². The first-order valence-electron chi connectivity index (χ1n) is 7.48. The molecule has 1 heterocycles. The van der Waals surface area contributed by atoms with E-state index in [1.807, 2.05) is 6.92 Å². The van der Waals surface area contributed by atoms with Crippen molar-refractivity contribution in [3.8, 4) is 5.75 Å². The Kier molecular flexibility index (Phi) is 7.09. The van der Waals surface area contributed by atoms with Crippen molar-refractivity contribution in [1.82, 2.24) is 0 Å². The number of rotatable bonds is 6. The maximum Gasteiger partial charge on any atom is 2.00 e. The van der Waals surface area contributed by atoms with Gasteiger partial charge in [0.05, 0.1) is 6.61 Å². The summed E-state index contributed by atoms with van der Waals surface area (Å²) < 4.78 is 35.7. The predicted molar refractivity (Wildman–Crippen MR) is 96.7 cm³/mol. The molecule has 1 aliphatic heterocycles. The molecular weight excluding hydrogens is 357 g/mol. The van der Waals surface area contributed by atoms with E-state index in [0.717, 1.165) is 6.42 Å². The van der Waals surface area contributed by atoms with Gasteiger partial charge in [-0.25, -0.2) is 8.42 Å². The van der Waals surface area contributed by atoms with Gasteiger partial charge in [0.15, 0.2) is 0 Å². The van der Waals surface area contributed by atoms with Crippen molar-refractivity contribution in [2.24, 2.45) is 20.5 Å². The van der Waals surface area contributed by atoms with Crippen molar-refractivity contribution in [3.05, 3.63) is 28.5 Å². The number of ether oxygens (including phenoxy) is 1. The number of hydrogen-bond acceptors (Lipinski definition) is 6. The third-order valence-electron chi connectivity index (χ3n) is 3.33. The van der Waals surface area contributed by atoms with E-state index in [1.165, 1.54) is 6.07 Å². The Labute approximate surface area is 163 Å². The SMILES string of the molecule is CCCN=C([O-])C(C)(C)COc1cccc2c1C(N)=NS(=O)(=O)[N-]2.[Mg+2]. The van der Waals surface area contributed by atoms with Gasteiger partial charge in [0.25, 0.3) is 0 Å². The van der Waals surface area contributed by atoms with Gasteiger partial charge in [-0.05, 0) is 18.4 Å². The van der Waals surface area contributed by atoms with Crippen molar-refractivity contribution in [3.63, 3.8) is 0 Å². The average Bonchev–Trinajstić information content (AvgIpc) is 2.48. The Hall–Kier alpha value is -1.52. The van der Waals surface area contributed by atoms with Crippen LogP contribution in [0, 0.1) is 5.41 Å². The molecule has 0 saturated heterocycles. The van der Waals surface area contributed by atoms with E-state index in [0.29, 0.717) is 17.9 Å². The first-order valence-corrected chi connectivity index (χ1v) is 8.87. The van der Waals surface area contributed by atoms with Crippen molar-refractivity contribution in [2.75, 3.05) is 13.2 Å². The van der Waals surface area contributed by atoms with E-state index in [-0.39, 0.29) is 47.1 Å². The molecule has 0 spiro atoms. The maximum absolute atomic E-state index is 12.1. The second-order valence-electron chi connectivity index (χ2n) is 6.03. The number of fused-ring (bicyclic) bond motifs is 1. The minimum atomic E-state index is -3.97. The number of aliphatic imine (C=N–C) groups is 1. The van der Waals surface area contributed by atoms with Crippen LogP contribution in [0.1, 0.15) is 32.8 Å². The number of nitrogens with zero attached hydrogens (tertiary/aromatic N) is 3. The Morgan fingerprint density at radius 3 is 2.76 bits per heavy atom. The van der Waals surface area contributed by atoms with Gasteiger partial charge in [0.2, 0.25) is 10.2 Å². The minimum Gasteiger partial charge on any atom is -0.862 e. The van der Waals surface area contributed by atoms with E-state index in [2.05, 4.69) is 14.1 Å². The van der Waals surface area contributed by atoms with E-state index >= 15 is 0 Å². The maximum atomic E-state index is 12.1. The Morgan fingerprint density at radius 1 is 1.44 bits per heavy atom.